The molecule has 0 aliphatic carbocycles. The quantitative estimate of drug-likeness (QED) is 0.731. The van der Waals surface area contributed by atoms with Gasteiger partial charge in [0.25, 0.3) is 5.91 Å². The summed E-state index contributed by atoms with van der Waals surface area (Å²) in [6.45, 7) is 11.1. The maximum absolute atomic E-state index is 12.1. The zero-order chi connectivity index (χ0) is 17.4. The number of hydrogen-bond acceptors (Lipinski definition) is 3. The fraction of sp³-hybridized carbons (Fsp3) is 0.529. The Hall–Kier alpha value is -1.30. The van der Waals surface area contributed by atoms with E-state index in [1.807, 2.05) is 0 Å². The molecular formula is C17H27Cl2N3O2. The van der Waals surface area contributed by atoms with Crippen LogP contribution in [0.5, 0.6) is 0 Å². The van der Waals surface area contributed by atoms with Crippen LogP contribution in [0.25, 0.3) is 0 Å². The summed E-state index contributed by atoms with van der Waals surface area (Å²) in [5.74, 6) is -0.404. The molecule has 2 amide bonds. The number of carbonyl (C=O) groups excluding carboxylic acids is 2. The van der Waals surface area contributed by atoms with Gasteiger partial charge in [0.1, 0.15) is 0 Å². The van der Waals surface area contributed by atoms with Gasteiger partial charge in [0, 0.05) is 24.6 Å². The van der Waals surface area contributed by atoms with Crippen molar-refractivity contribution in [1.82, 2.24) is 10.2 Å². The number of rotatable bonds is 8. The van der Waals surface area contributed by atoms with Crippen LogP contribution in [0.3, 0.4) is 0 Å². The third-order valence-corrected chi connectivity index (χ3v) is 3.93. The third-order valence-electron chi connectivity index (χ3n) is 3.62. The van der Waals surface area contributed by atoms with E-state index in [1.165, 1.54) is 0 Å². The van der Waals surface area contributed by atoms with E-state index < -0.39 is 0 Å². The molecule has 5 nitrogen and oxygen atoms in total. The first-order chi connectivity index (χ1) is 10.9. The van der Waals surface area contributed by atoms with Gasteiger partial charge in [-0.25, -0.2) is 0 Å². The van der Waals surface area contributed by atoms with Gasteiger partial charge in [-0.15, -0.1) is 12.4 Å². The average molecular weight is 376 g/mol. The molecule has 0 aromatic heterocycles. The van der Waals surface area contributed by atoms with E-state index in [0.717, 1.165) is 19.6 Å². The van der Waals surface area contributed by atoms with Crippen LogP contribution in [-0.2, 0) is 4.79 Å². The predicted octanol–water partition coefficient (Wildman–Crippen LogP) is 3.43. The largest absolute Gasteiger partial charge is 0.351 e. The number of benzene rings is 1. The van der Waals surface area contributed by atoms with Gasteiger partial charge in [-0.3, -0.25) is 9.59 Å². The molecule has 0 bridgehead atoms. The molecule has 136 valence electrons. The van der Waals surface area contributed by atoms with E-state index in [4.69, 9.17) is 11.6 Å². The first-order valence-electron chi connectivity index (χ1n) is 8.00. The molecule has 0 aliphatic heterocycles. The van der Waals surface area contributed by atoms with Crippen LogP contribution in [0.1, 0.15) is 38.1 Å². The summed E-state index contributed by atoms with van der Waals surface area (Å²) in [5.41, 5.74) is 1.00. The zero-order valence-corrected chi connectivity index (χ0v) is 16.3. The van der Waals surface area contributed by atoms with Gasteiger partial charge in [0.15, 0.2) is 0 Å². The van der Waals surface area contributed by atoms with Crippen LogP contribution >= 0.6 is 24.0 Å². The molecule has 1 rings (SSSR count). The van der Waals surface area contributed by atoms with E-state index in [2.05, 4.69) is 29.4 Å². The summed E-state index contributed by atoms with van der Waals surface area (Å²) in [6.07, 6.45) is 0. The normalized spacial score (nSPS) is 10.5. The predicted molar refractivity (Wildman–Crippen MR) is 102 cm³/mol. The number of hydrogen-bond donors (Lipinski definition) is 2. The van der Waals surface area contributed by atoms with Crippen molar-refractivity contribution in [2.45, 2.75) is 27.7 Å². The molecule has 0 radical (unpaired) electrons. The Morgan fingerprint density at radius 3 is 2.33 bits per heavy atom. The Labute approximate surface area is 155 Å². The van der Waals surface area contributed by atoms with Crippen LogP contribution in [0, 0.1) is 5.92 Å². The smallest absolute Gasteiger partial charge is 0.251 e. The lowest BCUT2D eigenvalue weighted by Gasteiger charge is -2.18. The zero-order valence-electron chi connectivity index (χ0n) is 14.7. The van der Waals surface area contributed by atoms with Crippen molar-refractivity contribution >= 4 is 41.5 Å². The van der Waals surface area contributed by atoms with Crippen LogP contribution in [0.15, 0.2) is 18.2 Å². The summed E-state index contributed by atoms with van der Waals surface area (Å²) in [6, 6.07) is 4.89. The van der Waals surface area contributed by atoms with E-state index >= 15 is 0 Å². The van der Waals surface area contributed by atoms with Crippen molar-refractivity contribution in [2.24, 2.45) is 5.92 Å². The lowest BCUT2D eigenvalue weighted by molar-refractivity contribution is -0.118. The van der Waals surface area contributed by atoms with Crippen molar-refractivity contribution < 1.29 is 9.59 Å². The minimum Gasteiger partial charge on any atom is -0.351 e. The highest BCUT2D eigenvalue weighted by Gasteiger charge is 2.12. The summed E-state index contributed by atoms with van der Waals surface area (Å²) in [4.78, 5) is 26.0. The van der Waals surface area contributed by atoms with E-state index in [1.54, 1.807) is 32.0 Å². The molecular weight excluding hydrogens is 349 g/mol. The molecule has 24 heavy (non-hydrogen) atoms. The van der Waals surface area contributed by atoms with Gasteiger partial charge >= 0.3 is 0 Å². The maximum atomic E-state index is 12.1. The van der Waals surface area contributed by atoms with E-state index in [0.29, 0.717) is 22.8 Å². The second kappa shape index (κ2) is 11.3. The Morgan fingerprint density at radius 1 is 1.21 bits per heavy atom. The fourth-order valence-corrected chi connectivity index (χ4v) is 2.23. The molecule has 0 unspecified atom stereocenters. The number of nitrogens with zero attached hydrogens (tertiary/aromatic N) is 1. The van der Waals surface area contributed by atoms with Crippen molar-refractivity contribution in [3.63, 3.8) is 0 Å². The minimum absolute atomic E-state index is 0. The van der Waals surface area contributed by atoms with Gasteiger partial charge in [-0.05, 0) is 31.3 Å². The molecule has 1 aromatic rings. The van der Waals surface area contributed by atoms with E-state index in [-0.39, 0.29) is 30.1 Å². The van der Waals surface area contributed by atoms with Gasteiger partial charge in [0.2, 0.25) is 5.91 Å². The highest BCUT2D eigenvalue weighted by molar-refractivity contribution is 6.34. The van der Waals surface area contributed by atoms with Gasteiger partial charge < -0.3 is 15.5 Å². The first-order valence-corrected chi connectivity index (χ1v) is 8.37. The standard InChI is InChI=1S/C17H26ClN3O2.ClH/c1-5-21(6-2)10-9-19-17(23)13-7-8-15(14(18)11-13)20-16(22)12(3)4;/h7-8,11-12H,5-6,9-10H2,1-4H3,(H,19,23)(H,20,22);1H. The molecule has 0 heterocycles. The summed E-state index contributed by atoms with van der Waals surface area (Å²) in [5, 5.41) is 5.97. The van der Waals surface area contributed by atoms with E-state index in [9.17, 15) is 9.59 Å². The number of carbonyl (C=O) groups is 2. The molecule has 0 atom stereocenters. The highest BCUT2D eigenvalue weighted by Crippen LogP contribution is 2.23. The number of amides is 2. The van der Waals surface area contributed by atoms with Gasteiger partial charge in [-0.1, -0.05) is 39.3 Å². The first kappa shape index (κ1) is 22.7. The van der Waals surface area contributed by atoms with Crippen LogP contribution in [0.2, 0.25) is 5.02 Å². The number of nitrogens with one attached hydrogen (secondary N) is 2. The molecule has 0 fully saturated rings. The SMILES string of the molecule is CCN(CC)CCNC(=O)c1ccc(NC(=O)C(C)C)c(Cl)c1.Cl. The van der Waals surface area contributed by atoms with Crippen LogP contribution < -0.4 is 10.6 Å². The molecule has 0 aliphatic rings. The topological polar surface area (TPSA) is 61.4 Å². The molecule has 1 aromatic carbocycles. The molecule has 7 heteroatoms. The van der Waals surface area contributed by atoms with Crippen LogP contribution in [-0.4, -0.2) is 42.9 Å². The van der Waals surface area contributed by atoms with Crippen LogP contribution in [0.4, 0.5) is 5.69 Å². The number of halogens is 2. The molecule has 2 N–H and O–H groups in total. The fourth-order valence-electron chi connectivity index (χ4n) is 2.00. The third kappa shape index (κ3) is 7.07. The Bertz CT molecular complexity index is 547. The van der Waals surface area contributed by atoms with Crippen molar-refractivity contribution in [2.75, 3.05) is 31.5 Å². The second-order valence-electron chi connectivity index (χ2n) is 5.62. The van der Waals surface area contributed by atoms with Crippen molar-refractivity contribution in [3.05, 3.63) is 28.8 Å². The monoisotopic (exact) mass is 375 g/mol. The highest BCUT2D eigenvalue weighted by atomic mass is 35.5. The summed E-state index contributed by atoms with van der Waals surface area (Å²) < 4.78 is 0. The van der Waals surface area contributed by atoms with Gasteiger partial charge in [0.05, 0.1) is 10.7 Å². The molecule has 0 spiro atoms. The number of likely N-dealkylation sites (N-methyl/N-ethyl adjacent to an activating group) is 1. The average Bonchev–Trinajstić information content (AvgIpc) is 2.53. The molecule has 0 saturated carbocycles. The summed E-state index contributed by atoms with van der Waals surface area (Å²) in [7, 11) is 0. The van der Waals surface area contributed by atoms with Crippen molar-refractivity contribution in [1.29, 1.82) is 0 Å². The Morgan fingerprint density at radius 2 is 1.83 bits per heavy atom. The lowest BCUT2D eigenvalue weighted by Crippen LogP contribution is -2.34. The molecule has 0 saturated heterocycles. The number of anilines is 1. The Kier molecular flexibility index (Phi) is 10.7. The second-order valence-corrected chi connectivity index (χ2v) is 6.03. The lowest BCUT2D eigenvalue weighted by atomic mass is 10.1. The summed E-state index contributed by atoms with van der Waals surface area (Å²) >= 11 is 6.15. The minimum atomic E-state index is -0.166. The van der Waals surface area contributed by atoms with Crippen molar-refractivity contribution in [3.8, 4) is 0 Å². The Balaban J connectivity index is 0.00000529. The van der Waals surface area contributed by atoms with Gasteiger partial charge in [-0.2, -0.15) is 0 Å². The maximum Gasteiger partial charge on any atom is 0.251 e.